The maximum atomic E-state index is 13.5. The van der Waals surface area contributed by atoms with Crippen LogP contribution in [-0.4, -0.2) is 17.6 Å². The predicted octanol–water partition coefficient (Wildman–Crippen LogP) is 3.27. The summed E-state index contributed by atoms with van der Waals surface area (Å²) in [5, 5.41) is 12.5. The number of nitrogens with zero attached hydrogens (tertiary/aromatic N) is 2. The molecule has 0 saturated carbocycles. The first-order valence-electron chi connectivity index (χ1n) is 6.43. The fourth-order valence-corrected chi connectivity index (χ4v) is 2.77. The standard InChI is InChI=1S/C15H13ClFN3O/c16-10-2-4-12(15(18)19-21)14(7-10)20-6-5-9-1-3-11(17)8-13(9)20/h1-4,7-8,21H,5-6H2,(H2,18,19). The molecule has 0 amide bonds. The fourth-order valence-electron chi connectivity index (χ4n) is 2.60. The molecule has 4 nitrogen and oxygen atoms in total. The van der Waals surface area contributed by atoms with Gasteiger partial charge in [-0.3, -0.25) is 0 Å². The van der Waals surface area contributed by atoms with E-state index in [-0.39, 0.29) is 11.7 Å². The molecule has 3 rings (SSSR count). The first-order valence-corrected chi connectivity index (χ1v) is 6.81. The first kappa shape index (κ1) is 13.7. The number of hydrogen-bond donors (Lipinski definition) is 2. The molecule has 6 heteroatoms. The summed E-state index contributed by atoms with van der Waals surface area (Å²) < 4.78 is 13.5. The number of amidine groups is 1. The second kappa shape index (κ2) is 5.26. The van der Waals surface area contributed by atoms with Crippen LogP contribution in [0.25, 0.3) is 0 Å². The molecule has 0 fully saturated rings. The van der Waals surface area contributed by atoms with Gasteiger partial charge >= 0.3 is 0 Å². The van der Waals surface area contributed by atoms with Crippen LogP contribution in [0.2, 0.25) is 5.02 Å². The second-order valence-electron chi connectivity index (χ2n) is 4.82. The van der Waals surface area contributed by atoms with Crippen LogP contribution in [0.3, 0.4) is 0 Å². The molecule has 0 atom stereocenters. The predicted molar refractivity (Wildman–Crippen MR) is 81.1 cm³/mol. The highest BCUT2D eigenvalue weighted by Gasteiger charge is 2.24. The zero-order valence-corrected chi connectivity index (χ0v) is 11.8. The van der Waals surface area contributed by atoms with Crippen LogP contribution in [0.15, 0.2) is 41.6 Å². The van der Waals surface area contributed by atoms with Crippen molar-refractivity contribution >= 4 is 28.8 Å². The Hall–Kier alpha value is -2.27. The SMILES string of the molecule is N/C(=N/O)c1ccc(Cl)cc1N1CCc2ccc(F)cc21. The quantitative estimate of drug-likeness (QED) is 0.387. The van der Waals surface area contributed by atoms with Gasteiger partial charge in [-0.05, 0) is 42.3 Å². The Bertz CT molecular complexity index is 733. The topological polar surface area (TPSA) is 61.9 Å². The van der Waals surface area contributed by atoms with Crippen LogP contribution < -0.4 is 10.6 Å². The highest BCUT2D eigenvalue weighted by atomic mass is 35.5. The molecule has 0 bridgehead atoms. The van der Waals surface area contributed by atoms with Gasteiger partial charge in [0.15, 0.2) is 5.84 Å². The third-order valence-corrected chi connectivity index (χ3v) is 3.81. The summed E-state index contributed by atoms with van der Waals surface area (Å²) >= 11 is 6.06. The number of fused-ring (bicyclic) bond motifs is 1. The minimum atomic E-state index is -0.298. The Morgan fingerprint density at radius 2 is 2.05 bits per heavy atom. The van der Waals surface area contributed by atoms with Gasteiger partial charge in [0.1, 0.15) is 5.82 Å². The van der Waals surface area contributed by atoms with Gasteiger partial charge in [-0.25, -0.2) is 4.39 Å². The maximum Gasteiger partial charge on any atom is 0.172 e. The summed E-state index contributed by atoms with van der Waals surface area (Å²) in [5.74, 6) is -0.306. The van der Waals surface area contributed by atoms with Crippen molar-refractivity contribution in [3.63, 3.8) is 0 Å². The summed E-state index contributed by atoms with van der Waals surface area (Å²) in [6.07, 6.45) is 0.803. The molecule has 0 spiro atoms. The minimum Gasteiger partial charge on any atom is -0.409 e. The zero-order chi connectivity index (χ0) is 15.0. The Labute approximate surface area is 126 Å². The summed E-state index contributed by atoms with van der Waals surface area (Å²) in [5.41, 5.74) is 8.81. The van der Waals surface area contributed by atoms with Gasteiger partial charge in [-0.15, -0.1) is 0 Å². The first-order chi connectivity index (χ1) is 10.1. The molecule has 0 unspecified atom stereocenters. The van der Waals surface area contributed by atoms with Gasteiger partial charge in [-0.2, -0.15) is 0 Å². The Kier molecular flexibility index (Phi) is 3.43. The lowest BCUT2D eigenvalue weighted by atomic mass is 10.1. The highest BCUT2D eigenvalue weighted by Crippen LogP contribution is 2.37. The van der Waals surface area contributed by atoms with Crippen LogP contribution in [0.4, 0.5) is 15.8 Å². The normalized spacial score (nSPS) is 14.4. The fraction of sp³-hybridized carbons (Fsp3) is 0.133. The average molecular weight is 306 g/mol. The molecule has 0 radical (unpaired) electrons. The van der Waals surface area contributed by atoms with E-state index in [9.17, 15) is 4.39 Å². The van der Waals surface area contributed by atoms with Gasteiger partial charge in [0.2, 0.25) is 0 Å². The Morgan fingerprint density at radius 1 is 1.24 bits per heavy atom. The molecule has 108 valence electrons. The lowest BCUT2D eigenvalue weighted by molar-refractivity contribution is 0.318. The average Bonchev–Trinajstić information content (AvgIpc) is 2.89. The van der Waals surface area contributed by atoms with Gasteiger partial charge in [-0.1, -0.05) is 22.8 Å². The number of benzene rings is 2. The highest BCUT2D eigenvalue weighted by molar-refractivity contribution is 6.31. The van der Waals surface area contributed by atoms with Crippen molar-refractivity contribution in [1.82, 2.24) is 0 Å². The summed E-state index contributed by atoms with van der Waals surface area (Å²) in [7, 11) is 0. The molecule has 2 aromatic carbocycles. The lowest BCUT2D eigenvalue weighted by Crippen LogP contribution is -2.21. The maximum absolute atomic E-state index is 13.5. The number of halogens is 2. The molecule has 0 saturated heterocycles. The molecule has 0 aliphatic carbocycles. The third-order valence-electron chi connectivity index (χ3n) is 3.58. The van der Waals surface area contributed by atoms with E-state index in [0.29, 0.717) is 22.8 Å². The number of rotatable bonds is 2. The van der Waals surface area contributed by atoms with Crippen LogP contribution >= 0.6 is 11.6 Å². The summed E-state index contributed by atoms with van der Waals surface area (Å²) in [4.78, 5) is 1.93. The van der Waals surface area contributed by atoms with Crippen LogP contribution in [0.1, 0.15) is 11.1 Å². The van der Waals surface area contributed by atoms with Crippen LogP contribution in [0.5, 0.6) is 0 Å². The van der Waals surface area contributed by atoms with Crippen molar-refractivity contribution in [2.24, 2.45) is 10.9 Å². The van der Waals surface area contributed by atoms with E-state index >= 15 is 0 Å². The number of nitrogens with two attached hydrogens (primary N) is 1. The molecule has 21 heavy (non-hydrogen) atoms. The lowest BCUT2D eigenvalue weighted by Gasteiger charge is -2.22. The largest absolute Gasteiger partial charge is 0.409 e. The molecule has 2 aromatic rings. The molecular weight excluding hydrogens is 293 g/mol. The minimum absolute atomic E-state index is 0.00785. The number of anilines is 2. The van der Waals surface area contributed by atoms with E-state index in [1.54, 1.807) is 24.3 Å². The van der Waals surface area contributed by atoms with E-state index in [0.717, 1.165) is 17.7 Å². The van der Waals surface area contributed by atoms with Gasteiger partial charge in [0.25, 0.3) is 0 Å². The zero-order valence-electron chi connectivity index (χ0n) is 11.1. The van der Waals surface area contributed by atoms with Crippen molar-refractivity contribution in [1.29, 1.82) is 0 Å². The molecule has 1 aliphatic rings. The van der Waals surface area contributed by atoms with Gasteiger partial charge in [0.05, 0.1) is 5.69 Å². The Morgan fingerprint density at radius 3 is 2.81 bits per heavy atom. The smallest absolute Gasteiger partial charge is 0.172 e. The van der Waals surface area contributed by atoms with E-state index in [4.69, 9.17) is 22.5 Å². The monoisotopic (exact) mass is 305 g/mol. The van der Waals surface area contributed by atoms with Gasteiger partial charge in [0, 0.05) is 22.8 Å². The van der Waals surface area contributed by atoms with E-state index in [1.165, 1.54) is 12.1 Å². The van der Waals surface area contributed by atoms with Crippen LogP contribution in [-0.2, 0) is 6.42 Å². The molecular formula is C15H13ClFN3O. The Balaban J connectivity index is 2.15. The van der Waals surface area contributed by atoms with Gasteiger partial charge < -0.3 is 15.8 Å². The molecule has 1 heterocycles. The second-order valence-corrected chi connectivity index (χ2v) is 5.26. The van der Waals surface area contributed by atoms with E-state index < -0.39 is 0 Å². The van der Waals surface area contributed by atoms with E-state index in [2.05, 4.69) is 5.16 Å². The van der Waals surface area contributed by atoms with Crippen LogP contribution in [0, 0.1) is 5.82 Å². The number of hydrogen-bond acceptors (Lipinski definition) is 3. The van der Waals surface area contributed by atoms with Crippen molar-refractivity contribution in [2.45, 2.75) is 6.42 Å². The van der Waals surface area contributed by atoms with Crippen molar-refractivity contribution < 1.29 is 9.60 Å². The summed E-state index contributed by atoms with van der Waals surface area (Å²) in [6.45, 7) is 0.685. The molecule has 0 aromatic heterocycles. The van der Waals surface area contributed by atoms with E-state index in [1.807, 2.05) is 4.90 Å². The summed E-state index contributed by atoms with van der Waals surface area (Å²) in [6, 6.07) is 9.79. The third kappa shape index (κ3) is 2.40. The molecule has 1 aliphatic heterocycles. The number of oxime groups is 1. The molecule has 3 N–H and O–H groups in total. The van der Waals surface area contributed by atoms with Crippen molar-refractivity contribution in [3.05, 3.63) is 58.4 Å². The van der Waals surface area contributed by atoms with Crippen molar-refractivity contribution in [3.8, 4) is 0 Å². The van der Waals surface area contributed by atoms with Crippen molar-refractivity contribution in [2.75, 3.05) is 11.4 Å².